The maximum Gasteiger partial charge on any atom is 0.130 e. The molecule has 150 valence electrons. The molecule has 0 saturated carbocycles. The Bertz CT molecular complexity index is 991. The lowest BCUT2D eigenvalue weighted by Crippen LogP contribution is -2.09. The van der Waals surface area contributed by atoms with Gasteiger partial charge in [0, 0.05) is 29.4 Å². The average Bonchev–Trinajstić information content (AvgIpc) is 2.72. The molecule has 1 aromatic heterocycles. The first-order valence-corrected chi connectivity index (χ1v) is 9.96. The summed E-state index contributed by atoms with van der Waals surface area (Å²) in [7, 11) is 0. The van der Waals surface area contributed by atoms with Crippen LogP contribution in [0.4, 0.5) is 10.2 Å². The predicted molar refractivity (Wildman–Crippen MR) is 121 cm³/mol. The molecule has 0 saturated heterocycles. The van der Waals surface area contributed by atoms with Crippen molar-refractivity contribution in [2.24, 2.45) is 4.99 Å². The first kappa shape index (κ1) is 20.7. The molecule has 0 bridgehead atoms. The molecular weight excluding hydrogens is 361 g/mol. The second-order valence-corrected chi connectivity index (χ2v) is 7.67. The Morgan fingerprint density at radius 3 is 2.83 bits per heavy atom. The molecule has 3 nitrogen and oxygen atoms in total. The standard InChI is InChI=1S/C25H28FN3/c1-5-13-27-18(2)19-12-14-28-24(17-19)29-23-11-7-9-21(16-23)20-8-6-10-22(15-20)25(3,4)26/h5-6,8,10-17H,7,9H2,1-4H3,(H,28,29)/b13-5-,27-18?. The molecule has 0 atom stereocenters. The topological polar surface area (TPSA) is 37.3 Å². The molecule has 1 aromatic carbocycles. The summed E-state index contributed by atoms with van der Waals surface area (Å²) in [6.07, 6.45) is 11.6. The quantitative estimate of drug-likeness (QED) is 0.552. The number of anilines is 1. The molecule has 0 fully saturated rings. The molecule has 4 heteroatoms. The lowest BCUT2D eigenvalue weighted by molar-refractivity contribution is 0.221. The van der Waals surface area contributed by atoms with Crippen LogP contribution in [-0.4, -0.2) is 10.7 Å². The summed E-state index contributed by atoms with van der Waals surface area (Å²) in [5.41, 5.74) is 4.58. The second kappa shape index (κ2) is 8.99. The summed E-state index contributed by atoms with van der Waals surface area (Å²) in [5.74, 6) is 0.778. The van der Waals surface area contributed by atoms with E-state index in [9.17, 15) is 4.39 Å². The lowest BCUT2D eigenvalue weighted by Gasteiger charge is -2.19. The van der Waals surface area contributed by atoms with Crippen LogP contribution in [0.5, 0.6) is 0 Å². The van der Waals surface area contributed by atoms with E-state index in [1.165, 1.54) is 5.57 Å². The largest absolute Gasteiger partial charge is 0.340 e. The first-order chi connectivity index (χ1) is 13.9. The second-order valence-electron chi connectivity index (χ2n) is 7.67. The van der Waals surface area contributed by atoms with Gasteiger partial charge in [-0.15, -0.1) is 0 Å². The Hall–Kier alpha value is -3.01. The number of hydrogen-bond acceptors (Lipinski definition) is 3. The minimum atomic E-state index is -1.35. The van der Waals surface area contributed by atoms with Crippen molar-refractivity contribution < 1.29 is 4.39 Å². The number of aromatic nitrogens is 1. The molecule has 0 radical (unpaired) electrons. The summed E-state index contributed by atoms with van der Waals surface area (Å²) in [6.45, 7) is 7.11. The molecule has 0 amide bonds. The van der Waals surface area contributed by atoms with E-state index in [2.05, 4.69) is 27.4 Å². The zero-order chi connectivity index (χ0) is 20.9. The van der Waals surface area contributed by atoms with Gasteiger partial charge in [0.2, 0.25) is 0 Å². The van der Waals surface area contributed by atoms with Gasteiger partial charge in [0.15, 0.2) is 0 Å². The minimum Gasteiger partial charge on any atom is -0.340 e. The maximum absolute atomic E-state index is 14.3. The van der Waals surface area contributed by atoms with E-state index in [-0.39, 0.29) is 0 Å². The highest BCUT2D eigenvalue weighted by molar-refractivity contribution is 5.99. The van der Waals surface area contributed by atoms with Crippen LogP contribution in [0.2, 0.25) is 0 Å². The van der Waals surface area contributed by atoms with Crippen LogP contribution in [0, 0.1) is 0 Å². The summed E-state index contributed by atoms with van der Waals surface area (Å²) in [6, 6.07) is 11.7. The highest BCUT2D eigenvalue weighted by Crippen LogP contribution is 2.31. The molecule has 2 aromatic rings. The maximum atomic E-state index is 14.3. The van der Waals surface area contributed by atoms with Gasteiger partial charge in [-0.25, -0.2) is 9.37 Å². The number of nitrogens with zero attached hydrogens (tertiary/aromatic N) is 2. The van der Waals surface area contributed by atoms with Gasteiger partial charge in [-0.1, -0.05) is 30.4 Å². The third-order valence-electron chi connectivity index (χ3n) is 4.89. The zero-order valence-corrected chi connectivity index (χ0v) is 17.5. The SMILES string of the molecule is C/C=C\N=C(C)c1ccnc(NC2=CCCC(c3cccc(C(C)(C)F)c3)=C2)c1. The van der Waals surface area contributed by atoms with Gasteiger partial charge >= 0.3 is 0 Å². The third kappa shape index (κ3) is 5.50. The molecule has 0 aliphatic heterocycles. The third-order valence-corrected chi connectivity index (χ3v) is 4.89. The number of halogens is 1. The molecular formula is C25H28FN3. The minimum absolute atomic E-state index is 0.699. The van der Waals surface area contributed by atoms with Crippen molar-refractivity contribution in [3.63, 3.8) is 0 Å². The highest BCUT2D eigenvalue weighted by atomic mass is 19.1. The smallest absolute Gasteiger partial charge is 0.130 e. The molecule has 29 heavy (non-hydrogen) atoms. The fourth-order valence-electron chi connectivity index (χ4n) is 3.24. The lowest BCUT2D eigenvalue weighted by atomic mass is 9.91. The molecule has 1 N–H and O–H groups in total. The van der Waals surface area contributed by atoms with Gasteiger partial charge in [-0.2, -0.15) is 0 Å². The summed E-state index contributed by atoms with van der Waals surface area (Å²) < 4.78 is 14.3. The van der Waals surface area contributed by atoms with Gasteiger partial charge in [0.25, 0.3) is 0 Å². The zero-order valence-electron chi connectivity index (χ0n) is 17.5. The summed E-state index contributed by atoms with van der Waals surface area (Å²) >= 11 is 0. The number of hydrogen-bond donors (Lipinski definition) is 1. The van der Waals surface area contributed by atoms with E-state index in [0.717, 1.165) is 41.2 Å². The Labute approximate surface area is 172 Å². The number of pyridine rings is 1. The van der Waals surface area contributed by atoms with E-state index in [1.54, 1.807) is 26.2 Å². The molecule has 0 unspecified atom stereocenters. The Kier molecular flexibility index (Phi) is 6.42. The number of allylic oxidation sites excluding steroid dienone is 4. The van der Waals surface area contributed by atoms with Crippen molar-refractivity contribution in [1.29, 1.82) is 0 Å². The Morgan fingerprint density at radius 1 is 1.24 bits per heavy atom. The van der Waals surface area contributed by atoms with E-state index >= 15 is 0 Å². The Balaban J connectivity index is 1.81. The van der Waals surface area contributed by atoms with Gasteiger partial charge in [0.05, 0.1) is 0 Å². The molecule has 1 aliphatic carbocycles. The number of nitrogens with one attached hydrogen (secondary N) is 1. The number of alkyl halides is 1. The summed E-state index contributed by atoms with van der Waals surface area (Å²) in [5, 5.41) is 3.40. The van der Waals surface area contributed by atoms with Gasteiger partial charge in [0.1, 0.15) is 11.5 Å². The normalized spacial score (nSPS) is 15.3. The van der Waals surface area contributed by atoms with Crippen LogP contribution >= 0.6 is 0 Å². The van der Waals surface area contributed by atoms with E-state index in [4.69, 9.17) is 0 Å². The predicted octanol–water partition coefficient (Wildman–Crippen LogP) is 6.80. The average molecular weight is 390 g/mol. The van der Waals surface area contributed by atoms with Crippen molar-refractivity contribution >= 4 is 17.1 Å². The van der Waals surface area contributed by atoms with E-state index in [1.807, 2.05) is 56.3 Å². The van der Waals surface area contributed by atoms with Crippen LogP contribution in [0.15, 0.2) is 77.7 Å². The fourth-order valence-corrected chi connectivity index (χ4v) is 3.24. The van der Waals surface area contributed by atoms with Crippen LogP contribution in [-0.2, 0) is 5.67 Å². The van der Waals surface area contributed by atoms with Crippen molar-refractivity contribution in [3.05, 3.63) is 89.4 Å². The number of aliphatic imine (C=N–C) groups is 1. The highest BCUT2D eigenvalue weighted by Gasteiger charge is 2.19. The number of rotatable bonds is 6. The van der Waals surface area contributed by atoms with Crippen molar-refractivity contribution in [2.45, 2.75) is 46.2 Å². The van der Waals surface area contributed by atoms with E-state index in [0.29, 0.717) is 5.56 Å². The van der Waals surface area contributed by atoms with Crippen molar-refractivity contribution in [2.75, 3.05) is 5.32 Å². The molecule has 1 aliphatic rings. The van der Waals surface area contributed by atoms with E-state index < -0.39 is 5.67 Å². The molecule has 1 heterocycles. The molecule has 0 spiro atoms. The van der Waals surface area contributed by atoms with Gasteiger partial charge in [-0.05, 0) is 81.5 Å². The van der Waals surface area contributed by atoms with Crippen LogP contribution in [0.1, 0.15) is 57.2 Å². The van der Waals surface area contributed by atoms with Gasteiger partial charge in [-0.3, -0.25) is 4.99 Å². The number of benzene rings is 1. The van der Waals surface area contributed by atoms with Crippen molar-refractivity contribution in [1.82, 2.24) is 4.98 Å². The van der Waals surface area contributed by atoms with Crippen molar-refractivity contribution in [3.8, 4) is 0 Å². The summed E-state index contributed by atoms with van der Waals surface area (Å²) in [4.78, 5) is 8.84. The van der Waals surface area contributed by atoms with Gasteiger partial charge < -0.3 is 5.32 Å². The Morgan fingerprint density at radius 2 is 2.07 bits per heavy atom. The van der Waals surface area contributed by atoms with Crippen LogP contribution in [0.25, 0.3) is 5.57 Å². The fraction of sp³-hybridized carbons (Fsp3) is 0.280. The van der Waals surface area contributed by atoms with Crippen LogP contribution < -0.4 is 5.32 Å². The molecule has 3 rings (SSSR count). The monoisotopic (exact) mass is 389 g/mol. The first-order valence-electron chi connectivity index (χ1n) is 9.96. The van der Waals surface area contributed by atoms with Crippen LogP contribution in [0.3, 0.4) is 0 Å².